The van der Waals surface area contributed by atoms with E-state index < -0.39 is 11.9 Å². The first kappa shape index (κ1) is 22.5. The lowest BCUT2D eigenvalue weighted by Crippen LogP contribution is -2.13. The molecule has 0 aromatic heterocycles. The Kier molecular flexibility index (Phi) is 8.45. The molecule has 156 valence electrons. The fourth-order valence-electron chi connectivity index (χ4n) is 2.58. The summed E-state index contributed by atoms with van der Waals surface area (Å²) in [6.07, 6.45) is 1.47. The fourth-order valence-corrected chi connectivity index (χ4v) is 2.58. The Morgan fingerprint density at radius 2 is 1.63 bits per heavy atom. The van der Waals surface area contributed by atoms with Crippen molar-refractivity contribution in [2.45, 2.75) is 20.8 Å². The number of carbonyl (C=O) groups excluding carboxylic acids is 2. The molecule has 0 saturated carbocycles. The van der Waals surface area contributed by atoms with Crippen LogP contribution in [-0.2, 0) is 9.53 Å². The van der Waals surface area contributed by atoms with Gasteiger partial charge in [0.1, 0.15) is 11.6 Å². The highest BCUT2D eigenvalue weighted by Crippen LogP contribution is 2.29. The summed E-state index contributed by atoms with van der Waals surface area (Å²) in [6.45, 7) is 6.70. The molecule has 7 heteroatoms. The molecule has 0 aliphatic rings. The van der Waals surface area contributed by atoms with Gasteiger partial charge in [-0.3, -0.25) is 4.79 Å². The zero-order valence-electron chi connectivity index (χ0n) is 17.2. The SMILES string of the molecule is CCOC(=O)c1ccc(NC(=O)/C(C#N)=C/c2ccc(OCC)c(OCC)c2)cc1. The molecule has 0 radical (unpaired) electrons. The quantitative estimate of drug-likeness (QED) is 0.379. The largest absolute Gasteiger partial charge is 0.490 e. The maximum atomic E-state index is 12.5. The van der Waals surface area contributed by atoms with Crippen molar-refractivity contribution in [3.8, 4) is 17.6 Å². The number of nitriles is 1. The average Bonchev–Trinajstić information content (AvgIpc) is 2.74. The van der Waals surface area contributed by atoms with Gasteiger partial charge in [-0.1, -0.05) is 6.07 Å². The van der Waals surface area contributed by atoms with Crippen molar-refractivity contribution in [2.75, 3.05) is 25.1 Å². The Morgan fingerprint density at radius 3 is 2.23 bits per heavy atom. The Balaban J connectivity index is 2.18. The number of nitrogens with one attached hydrogen (secondary N) is 1. The topological polar surface area (TPSA) is 97.7 Å². The van der Waals surface area contributed by atoms with E-state index in [9.17, 15) is 14.9 Å². The van der Waals surface area contributed by atoms with Gasteiger partial charge in [0.2, 0.25) is 0 Å². The van der Waals surface area contributed by atoms with E-state index in [1.807, 2.05) is 19.9 Å². The molecule has 0 fully saturated rings. The van der Waals surface area contributed by atoms with Gasteiger partial charge < -0.3 is 19.5 Å². The van der Waals surface area contributed by atoms with Gasteiger partial charge in [0.25, 0.3) is 5.91 Å². The maximum Gasteiger partial charge on any atom is 0.338 e. The van der Waals surface area contributed by atoms with E-state index in [0.29, 0.717) is 41.5 Å². The molecule has 30 heavy (non-hydrogen) atoms. The first-order chi connectivity index (χ1) is 14.5. The minimum absolute atomic E-state index is 0.0731. The second-order valence-corrected chi connectivity index (χ2v) is 5.99. The summed E-state index contributed by atoms with van der Waals surface area (Å²) in [5.74, 6) is 0.142. The maximum absolute atomic E-state index is 12.5. The lowest BCUT2D eigenvalue weighted by atomic mass is 10.1. The average molecular weight is 408 g/mol. The third kappa shape index (κ3) is 6.11. The number of anilines is 1. The summed E-state index contributed by atoms with van der Waals surface area (Å²) in [5.41, 5.74) is 1.39. The van der Waals surface area contributed by atoms with Gasteiger partial charge in [-0.15, -0.1) is 0 Å². The molecular weight excluding hydrogens is 384 g/mol. The number of hydrogen-bond donors (Lipinski definition) is 1. The van der Waals surface area contributed by atoms with Crippen LogP contribution in [0.1, 0.15) is 36.7 Å². The smallest absolute Gasteiger partial charge is 0.338 e. The molecule has 0 heterocycles. The fraction of sp³-hybridized carbons (Fsp3) is 0.261. The molecule has 0 unspecified atom stereocenters. The summed E-state index contributed by atoms with van der Waals surface area (Å²) >= 11 is 0. The molecule has 0 aliphatic heterocycles. The van der Waals surface area contributed by atoms with Crippen LogP contribution in [0.15, 0.2) is 48.0 Å². The van der Waals surface area contributed by atoms with Gasteiger partial charge in [-0.05, 0) is 68.8 Å². The summed E-state index contributed by atoms with van der Waals surface area (Å²) < 4.78 is 16.0. The van der Waals surface area contributed by atoms with Crippen LogP contribution in [0.4, 0.5) is 5.69 Å². The lowest BCUT2D eigenvalue weighted by Gasteiger charge is -2.11. The number of benzene rings is 2. The molecule has 0 spiro atoms. The van der Waals surface area contributed by atoms with E-state index >= 15 is 0 Å². The van der Waals surface area contributed by atoms with Crippen LogP contribution >= 0.6 is 0 Å². The van der Waals surface area contributed by atoms with Crippen molar-refractivity contribution in [2.24, 2.45) is 0 Å². The normalized spacial score (nSPS) is 10.7. The van der Waals surface area contributed by atoms with Gasteiger partial charge in [0, 0.05) is 5.69 Å². The molecule has 1 amide bonds. The zero-order chi connectivity index (χ0) is 21.9. The Hall–Kier alpha value is -3.79. The van der Waals surface area contributed by atoms with Crippen molar-refractivity contribution in [3.63, 3.8) is 0 Å². The van der Waals surface area contributed by atoms with Crippen LogP contribution in [0.2, 0.25) is 0 Å². The predicted molar refractivity (Wildman–Crippen MR) is 113 cm³/mol. The highest BCUT2D eigenvalue weighted by molar-refractivity contribution is 6.09. The standard InChI is InChI=1S/C23H24N2O5/c1-4-28-20-12-7-16(14-21(20)29-5-2)13-18(15-24)22(26)25-19-10-8-17(9-11-19)23(27)30-6-3/h7-14H,4-6H2,1-3H3,(H,25,26)/b18-13+. The molecule has 2 rings (SSSR count). The summed E-state index contributed by atoms with van der Waals surface area (Å²) in [4.78, 5) is 24.2. The van der Waals surface area contributed by atoms with Crippen molar-refractivity contribution >= 4 is 23.6 Å². The molecule has 1 N–H and O–H groups in total. The number of amides is 1. The molecule has 7 nitrogen and oxygen atoms in total. The van der Waals surface area contributed by atoms with Gasteiger partial charge in [-0.25, -0.2) is 4.79 Å². The molecular formula is C23H24N2O5. The van der Waals surface area contributed by atoms with E-state index in [0.717, 1.165) is 0 Å². The summed E-state index contributed by atoms with van der Waals surface area (Å²) in [6, 6.07) is 13.3. The highest BCUT2D eigenvalue weighted by atomic mass is 16.5. The van der Waals surface area contributed by atoms with Crippen molar-refractivity contribution in [3.05, 3.63) is 59.2 Å². The summed E-state index contributed by atoms with van der Waals surface area (Å²) in [5, 5.41) is 12.1. The third-order valence-corrected chi connectivity index (χ3v) is 3.90. The van der Waals surface area contributed by atoms with Gasteiger partial charge >= 0.3 is 5.97 Å². The second-order valence-electron chi connectivity index (χ2n) is 5.99. The van der Waals surface area contributed by atoms with Crippen LogP contribution in [0.3, 0.4) is 0 Å². The lowest BCUT2D eigenvalue weighted by molar-refractivity contribution is -0.112. The predicted octanol–water partition coefficient (Wildman–Crippen LogP) is 4.21. The number of rotatable bonds is 9. The van der Waals surface area contributed by atoms with Gasteiger partial charge in [0.15, 0.2) is 11.5 Å². The number of esters is 1. The molecule has 0 saturated heterocycles. The van der Waals surface area contributed by atoms with E-state index in [1.165, 1.54) is 6.08 Å². The van der Waals surface area contributed by atoms with Crippen molar-refractivity contribution in [1.29, 1.82) is 5.26 Å². The molecule has 0 aliphatic carbocycles. The molecule has 2 aromatic rings. The third-order valence-electron chi connectivity index (χ3n) is 3.90. The van der Waals surface area contributed by atoms with Crippen molar-refractivity contribution in [1.82, 2.24) is 0 Å². The number of hydrogen-bond acceptors (Lipinski definition) is 6. The number of carbonyl (C=O) groups is 2. The second kappa shape index (κ2) is 11.3. The van der Waals surface area contributed by atoms with E-state index in [2.05, 4.69) is 5.32 Å². The van der Waals surface area contributed by atoms with E-state index in [1.54, 1.807) is 49.4 Å². The molecule has 0 bridgehead atoms. The Morgan fingerprint density at radius 1 is 0.967 bits per heavy atom. The summed E-state index contributed by atoms with van der Waals surface area (Å²) in [7, 11) is 0. The van der Waals surface area contributed by atoms with E-state index in [-0.39, 0.29) is 12.2 Å². The van der Waals surface area contributed by atoms with Crippen LogP contribution in [0.5, 0.6) is 11.5 Å². The van der Waals surface area contributed by atoms with Crippen LogP contribution in [-0.4, -0.2) is 31.7 Å². The number of ether oxygens (including phenoxy) is 3. The Bertz CT molecular complexity index is 959. The van der Waals surface area contributed by atoms with Gasteiger partial charge in [-0.2, -0.15) is 5.26 Å². The van der Waals surface area contributed by atoms with Crippen LogP contribution in [0.25, 0.3) is 6.08 Å². The monoisotopic (exact) mass is 408 g/mol. The molecule has 0 atom stereocenters. The number of nitrogens with zero attached hydrogens (tertiary/aromatic N) is 1. The van der Waals surface area contributed by atoms with Crippen molar-refractivity contribution < 1.29 is 23.8 Å². The Labute approximate surface area is 175 Å². The highest BCUT2D eigenvalue weighted by Gasteiger charge is 2.12. The first-order valence-electron chi connectivity index (χ1n) is 9.62. The first-order valence-corrected chi connectivity index (χ1v) is 9.62. The minimum Gasteiger partial charge on any atom is -0.490 e. The molecule has 2 aromatic carbocycles. The van der Waals surface area contributed by atoms with Crippen LogP contribution < -0.4 is 14.8 Å². The van der Waals surface area contributed by atoms with Crippen LogP contribution in [0, 0.1) is 11.3 Å². The zero-order valence-corrected chi connectivity index (χ0v) is 17.2. The van der Waals surface area contributed by atoms with Gasteiger partial charge in [0.05, 0.1) is 25.4 Å². The minimum atomic E-state index is -0.562. The van der Waals surface area contributed by atoms with E-state index in [4.69, 9.17) is 14.2 Å².